The minimum Gasteiger partial charge on any atom is -0.227 e. The van der Waals surface area contributed by atoms with Gasteiger partial charge in [-0.15, -0.1) is 0 Å². The third kappa shape index (κ3) is 1.22. The number of fused-ring (bicyclic) bond motifs is 1. The van der Waals surface area contributed by atoms with E-state index in [1.807, 2.05) is 0 Å². The molecule has 0 aromatic heterocycles. The molecule has 0 N–H and O–H groups in total. The maximum absolute atomic E-state index is 4.56. The van der Waals surface area contributed by atoms with E-state index in [1.54, 1.807) is 0 Å². The minimum atomic E-state index is 0.0191. The lowest BCUT2D eigenvalue weighted by Gasteiger charge is -2.23. The Balaban J connectivity index is 2.35. The predicted molar refractivity (Wildman–Crippen MR) is 51.1 cm³/mol. The molecule has 12 heavy (non-hydrogen) atoms. The number of nitrogens with zero attached hydrogens (tertiary/aromatic N) is 2. The fourth-order valence-corrected chi connectivity index (χ4v) is 1.82. The molecule has 2 aliphatic rings. The molecule has 64 valence electrons. The Morgan fingerprint density at radius 1 is 1.42 bits per heavy atom. The highest BCUT2D eigenvalue weighted by Gasteiger charge is 2.35. The summed E-state index contributed by atoms with van der Waals surface area (Å²) in [5.74, 6) is 0. The van der Waals surface area contributed by atoms with Gasteiger partial charge in [0.1, 0.15) is 12.8 Å². The van der Waals surface area contributed by atoms with Crippen LogP contribution in [0.15, 0.2) is 17.1 Å². The molecule has 0 saturated heterocycles. The van der Waals surface area contributed by atoms with Gasteiger partial charge in [-0.05, 0) is 0 Å². The van der Waals surface area contributed by atoms with Crippen molar-refractivity contribution in [2.24, 2.45) is 4.99 Å². The van der Waals surface area contributed by atoms with Crippen molar-refractivity contribution in [1.29, 1.82) is 0 Å². The van der Waals surface area contributed by atoms with Crippen LogP contribution >= 0.6 is 0 Å². The number of rotatable bonds is 0. The molecule has 0 saturated carbocycles. The Morgan fingerprint density at radius 3 is 3.25 bits per heavy atom. The van der Waals surface area contributed by atoms with Crippen molar-refractivity contribution in [3.63, 3.8) is 0 Å². The molecule has 0 fully saturated rings. The lowest BCUT2D eigenvalue weighted by atomic mass is 10.1. The van der Waals surface area contributed by atoms with Crippen molar-refractivity contribution < 1.29 is 4.58 Å². The molecule has 0 aliphatic carbocycles. The predicted octanol–water partition coefficient (Wildman–Crippen LogP) is 1.61. The monoisotopic (exact) mass is 163 g/mol. The van der Waals surface area contributed by atoms with Gasteiger partial charge in [0.2, 0.25) is 0 Å². The van der Waals surface area contributed by atoms with Crippen molar-refractivity contribution in [2.45, 2.75) is 31.8 Å². The standard InChI is InChI=1S/C10H15N2/c1-10-6-3-2-4-8-12(10)9-5-7-11-10/h2-3,7-8H,4-6,9H2,1H3/q+1/t10-/m1/s1. The Morgan fingerprint density at radius 2 is 2.33 bits per heavy atom. The van der Waals surface area contributed by atoms with Crippen LogP contribution < -0.4 is 0 Å². The van der Waals surface area contributed by atoms with Gasteiger partial charge in [0.15, 0.2) is 0 Å². The summed E-state index contributed by atoms with van der Waals surface area (Å²) in [6.07, 6.45) is 12.0. The first-order valence-electron chi connectivity index (χ1n) is 4.60. The van der Waals surface area contributed by atoms with Crippen LogP contribution in [0.1, 0.15) is 26.2 Å². The molecular weight excluding hydrogens is 148 g/mol. The van der Waals surface area contributed by atoms with Gasteiger partial charge in [-0.3, -0.25) is 0 Å². The van der Waals surface area contributed by atoms with Gasteiger partial charge < -0.3 is 0 Å². The fraction of sp³-hybridized carbons (Fsp3) is 0.600. The third-order valence-electron chi connectivity index (χ3n) is 2.62. The van der Waals surface area contributed by atoms with Gasteiger partial charge in [-0.2, -0.15) is 0 Å². The Kier molecular flexibility index (Phi) is 1.83. The highest BCUT2D eigenvalue weighted by Crippen LogP contribution is 2.22. The van der Waals surface area contributed by atoms with Crippen molar-refractivity contribution in [3.8, 4) is 0 Å². The molecule has 0 amide bonds. The molecule has 0 aromatic carbocycles. The largest absolute Gasteiger partial charge is 0.254 e. The van der Waals surface area contributed by atoms with Crippen LogP contribution in [-0.2, 0) is 0 Å². The van der Waals surface area contributed by atoms with E-state index in [1.165, 1.54) is 0 Å². The van der Waals surface area contributed by atoms with E-state index >= 15 is 0 Å². The second-order valence-corrected chi connectivity index (χ2v) is 3.60. The molecule has 0 bridgehead atoms. The summed E-state index contributed by atoms with van der Waals surface area (Å²) in [7, 11) is 0. The van der Waals surface area contributed by atoms with E-state index < -0.39 is 0 Å². The third-order valence-corrected chi connectivity index (χ3v) is 2.62. The summed E-state index contributed by atoms with van der Waals surface area (Å²) in [6, 6.07) is 0. The molecule has 1 atom stereocenters. The highest BCUT2D eigenvalue weighted by atomic mass is 15.2. The Bertz CT molecular complexity index is 263. The average Bonchev–Trinajstić information content (AvgIpc) is 2.25. The molecule has 2 heteroatoms. The van der Waals surface area contributed by atoms with Gasteiger partial charge in [-0.1, -0.05) is 12.2 Å². The molecule has 0 radical (unpaired) electrons. The van der Waals surface area contributed by atoms with Gasteiger partial charge >= 0.3 is 0 Å². The summed E-state index contributed by atoms with van der Waals surface area (Å²) >= 11 is 0. The second-order valence-electron chi connectivity index (χ2n) is 3.60. The maximum atomic E-state index is 4.56. The summed E-state index contributed by atoms with van der Waals surface area (Å²) in [6.45, 7) is 3.33. The number of aliphatic imine (C=N–C) groups is 1. The average molecular weight is 163 g/mol. The highest BCUT2D eigenvalue weighted by molar-refractivity contribution is 5.60. The van der Waals surface area contributed by atoms with Crippen molar-refractivity contribution in [2.75, 3.05) is 6.54 Å². The molecular formula is C10H15N2+. The fourth-order valence-electron chi connectivity index (χ4n) is 1.82. The Hall–Kier alpha value is -0.920. The van der Waals surface area contributed by atoms with Crippen LogP contribution in [0.4, 0.5) is 0 Å². The first kappa shape index (κ1) is 7.71. The molecule has 2 nitrogen and oxygen atoms in total. The van der Waals surface area contributed by atoms with Crippen LogP contribution in [-0.4, -0.2) is 29.2 Å². The molecule has 0 aromatic rings. The maximum Gasteiger partial charge on any atom is 0.254 e. The van der Waals surface area contributed by atoms with Crippen LogP contribution in [0, 0.1) is 0 Å². The summed E-state index contributed by atoms with van der Waals surface area (Å²) < 4.78 is 2.37. The van der Waals surface area contributed by atoms with E-state index in [4.69, 9.17) is 0 Å². The summed E-state index contributed by atoms with van der Waals surface area (Å²) in [5, 5.41) is 0. The van der Waals surface area contributed by atoms with Gasteiger partial charge in [-0.25, -0.2) is 9.57 Å². The SMILES string of the molecule is C[C@]12CC=CCC=[N+]1CCC=N2. The van der Waals surface area contributed by atoms with E-state index in [0.717, 1.165) is 25.8 Å². The quantitative estimate of drug-likeness (QED) is 0.381. The zero-order valence-corrected chi connectivity index (χ0v) is 7.53. The van der Waals surface area contributed by atoms with Crippen LogP contribution in [0.5, 0.6) is 0 Å². The van der Waals surface area contributed by atoms with Crippen molar-refractivity contribution >= 4 is 12.4 Å². The molecule has 2 rings (SSSR count). The molecule has 0 unspecified atom stereocenters. The molecule has 2 heterocycles. The number of hydrogen-bond donors (Lipinski definition) is 0. The topological polar surface area (TPSA) is 15.4 Å². The van der Waals surface area contributed by atoms with Gasteiger partial charge in [0.05, 0.1) is 6.42 Å². The summed E-state index contributed by atoms with van der Waals surface area (Å²) in [5.41, 5.74) is 0.0191. The smallest absolute Gasteiger partial charge is 0.227 e. The Labute approximate surface area is 73.3 Å². The molecule has 0 spiro atoms. The minimum absolute atomic E-state index is 0.0191. The van der Waals surface area contributed by atoms with Crippen molar-refractivity contribution in [1.82, 2.24) is 0 Å². The van der Waals surface area contributed by atoms with Crippen LogP contribution in [0.25, 0.3) is 0 Å². The van der Waals surface area contributed by atoms with Crippen molar-refractivity contribution in [3.05, 3.63) is 12.2 Å². The second kappa shape index (κ2) is 2.85. The lowest BCUT2D eigenvalue weighted by Crippen LogP contribution is -2.40. The lowest BCUT2D eigenvalue weighted by molar-refractivity contribution is -0.601. The normalized spacial score (nSPS) is 33.9. The van der Waals surface area contributed by atoms with E-state index in [2.05, 4.69) is 41.1 Å². The number of hydrogen-bond acceptors (Lipinski definition) is 1. The van der Waals surface area contributed by atoms with Gasteiger partial charge in [0.25, 0.3) is 5.66 Å². The first-order chi connectivity index (χ1) is 5.81. The first-order valence-corrected chi connectivity index (χ1v) is 4.60. The van der Waals surface area contributed by atoms with Crippen LogP contribution in [0.2, 0.25) is 0 Å². The number of allylic oxidation sites excluding steroid dienone is 1. The van der Waals surface area contributed by atoms with E-state index in [9.17, 15) is 0 Å². The van der Waals surface area contributed by atoms with Gasteiger partial charge in [0, 0.05) is 26.0 Å². The summed E-state index contributed by atoms with van der Waals surface area (Å²) in [4.78, 5) is 4.56. The molecule has 2 aliphatic heterocycles. The van der Waals surface area contributed by atoms with Crippen LogP contribution in [0.3, 0.4) is 0 Å². The van der Waals surface area contributed by atoms with E-state index in [-0.39, 0.29) is 5.66 Å². The van der Waals surface area contributed by atoms with E-state index in [0.29, 0.717) is 0 Å². The zero-order valence-electron chi connectivity index (χ0n) is 7.53. The zero-order chi connectivity index (χ0) is 8.44.